The van der Waals surface area contributed by atoms with Crippen LogP contribution in [0.4, 0.5) is 5.95 Å². The molecule has 7 nitrogen and oxygen atoms in total. The SMILES string of the molecule is Cc1nc(N2CCN(C)CC2)ncc1C(=O)N1C[C@H]2CNC[C@H]2C1.Cl.Cl. The third kappa shape index (κ3) is 4.06. The molecule has 4 rings (SSSR count). The lowest BCUT2D eigenvalue weighted by molar-refractivity contribution is 0.0780. The predicted octanol–water partition coefficient (Wildman–Crippen LogP) is 0.672. The van der Waals surface area contributed by atoms with E-state index in [4.69, 9.17) is 0 Å². The van der Waals surface area contributed by atoms with E-state index in [2.05, 4.69) is 32.1 Å². The normalized spacial score (nSPS) is 25.5. The summed E-state index contributed by atoms with van der Waals surface area (Å²) in [7, 11) is 2.13. The van der Waals surface area contributed by atoms with Gasteiger partial charge in [0.05, 0.1) is 11.3 Å². The first-order valence-corrected chi connectivity index (χ1v) is 8.89. The monoisotopic (exact) mass is 402 g/mol. The fraction of sp³-hybridized carbons (Fsp3) is 0.706. The van der Waals surface area contributed by atoms with Crippen LogP contribution in [0.5, 0.6) is 0 Å². The van der Waals surface area contributed by atoms with Crippen molar-refractivity contribution in [1.82, 2.24) is 25.1 Å². The number of aromatic nitrogens is 2. The second-order valence-electron chi connectivity index (χ2n) is 7.35. The van der Waals surface area contributed by atoms with Crippen molar-refractivity contribution in [2.75, 3.05) is 64.3 Å². The van der Waals surface area contributed by atoms with Gasteiger partial charge in [0.15, 0.2) is 0 Å². The molecule has 3 aliphatic heterocycles. The Labute approximate surface area is 167 Å². The molecule has 1 aromatic rings. The number of likely N-dealkylation sites (N-methyl/N-ethyl adjacent to an activating group) is 1. The van der Waals surface area contributed by atoms with Crippen LogP contribution in [0.25, 0.3) is 0 Å². The Balaban J connectivity index is 0.00000121. The average Bonchev–Trinajstić information content (AvgIpc) is 3.16. The Hall–Kier alpha value is -1.15. The maximum absolute atomic E-state index is 12.8. The maximum Gasteiger partial charge on any atom is 0.257 e. The van der Waals surface area contributed by atoms with Crippen LogP contribution in [0.2, 0.25) is 0 Å². The highest BCUT2D eigenvalue weighted by Gasteiger charge is 2.38. The van der Waals surface area contributed by atoms with Gasteiger partial charge in [-0.05, 0) is 25.8 Å². The van der Waals surface area contributed by atoms with Crippen molar-refractivity contribution in [1.29, 1.82) is 0 Å². The lowest BCUT2D eigenvalue weighted by Crippen LogP contribution is -2.45. The molecule has 0 aromatic carbocycles. The van der Waals surface area contributed by atoms with E-state index in [-0.39, 0.29) is 30.7 Å². The van der Waals surface area contributed by atoms with E-state index in [1.165, 1.54) is 0 Å². The number of nitrogens with one attached hydrogen (secondary N) is 1. The topological polar surface area (TPSA) is 64.6 Å². The fourth-order valence-corrected chi connectivity index (χ4v) is 4.02. The number of halogens is 2. The first-order chi connectivity index (χ1) is 11.6. The lowest BCUT2D eigenvalue weighted by atomic mass is 10.0. The van der Waals surface area contributed by atoms with Gasteiger partial charge in [-0.3, -0.25) is 4.79 Å². The molecule has 26 heavy (non-hydrogen) atoms. The first kappa shape index (κ1) is 21.2. The smallest absolute Gasteiger partial charge is 0.257 e. The number of hydrogen-bond donors (Lipinski definition) is 1. The molecule has 1 N–H and O–H groups in total. The Morgan fingerprint density at radius 2 is 1.73 bits per heavy atom. The van der Waals surface area contributed by atoms with Crippen LogP contribution < -0.4 is 10.2 Å². The Morgan fingerprint density at radius 3 is 2.31 bits per heavy atom. The molecule has 0 bridgehead atoms. The van der Waals surface area contributed by atoms with Crippen molar-refractivity contribution in [3.05, 3.63) is 17.5 Å². The van der Waals surface area contributed by atoms with E-state index in [0.29, 0.717) is 17.4 Å². The standard InChI is InChI=1S/C17H26N6O.2ClH/c1-12-15(16(24)23-10-13-7-18-8-14(13)11-23)9-19-17(20-12)22-5-3-21(2)4-6-22;;/h9,13-14,18H,3-8,10-11H2,1-2H3;2*1H/t13-,14+;;. The first-order valence-electron chi connectivity index (χ1n) is 8.89. The number of hydrogen-bond acceptors (Lipinski definition) is 6. The summed E-state index contributed by atoms with van der Waals surface area (Å²) in [4.78, 5) is 28.4. The van der Waals surface area contributed by atoms with Crippen molar-refractivity contribution in [2.45, 2.75) is 6.92 Å². The molecule has 0 unspecified atom stereocenters. The molecule has 1 aromatic heterocycles. The van der Waals surface area contributed by atoms with Gasteiger partial charge in [-0.25, -0.2) is 9.97 Å². The number of aryl methyl sites for hydroxylation is 1. The molecular weight excluding hydrogens is 375 g/mol. The van der Waals surface area contributed by atoms with E-state index in [9.17, 15) is 4.79 Å². The number of fused-ring (bicyclic) bond motifs is 1. The lowest BCUT2D eigenvalue weighted by Gasteiger charge is -2.32. The average molecular weight is 403 g/mol. The number of likely N-dealkylation sites (tertiary alicyclic amines) is 1. The van der Waals surface area contributed by atoms with Gasteiger partial charge in [0.1, 0.15) is 0 Å². The molecule has 3 saturated heterocycles. The van der Waals surface area contributed by atoms with Crippen molar-refractivity contribution >= 4 is 36.7 Å². The van der Waals surface area contributed by atoms with Crippen molar-refractivity contribution in [3.63, 3.8) is 0 Å². The summed E-state index contributed by atoms with van der Waals surface area (Å²) < 4.78 is 0. The van der Waals surface area contributed by atoms with Crippen LogP contribution in [-0.2, 0) is 0 Å². The van der Waals surface area contributed by atoms with Gasteiger partial charge < -0.3 is 20.0 Å². The van der Waals surface area contributed by atoms with Crippen LogP contribution in [0.3, 0.4) is 0 Å². The van der Waals surface area contributed by atoms with Gasteiger partial charge in [-0.1, -0.05) is 0 Å². The predicted molar refractivity (Wildman–Crippen MR) is 107 cm³/mol. The summed E-state index contributed by atoms with van der Waals surface area (Å²) in [5.74, 6) is 2.06. The summed E-state index contributed by atoms with van der Waals surface area (Å²) in [6.45, 7) is 9.62. The van der Waals surface area contributed by atoms with Crippen LogP contribution >= 0.6 is 24.8 Å². The highest BCUT2D eigenvalue weighted by molar-refractivity contribution is 5.95. The summed E-state index contributed by atoms with van der Waals surface area (Å²) >= 11 is 0. The largest absolute Gasteiger partial charge is 0.338 e. The molecule has 0 radical (unpaired) electrons. The minimum absolute atomic E-state index is 0. The maximum atomic E-state index is 12.8. The summed E-state index contributed by atoms with van der Waals surface area (Å²) in [6, 6.07) is 0. The van der Waals surface area contributed by atoms with Crippen molar-refractivity contribution in [3.8, 4) is 0 Å². The number of carbonyl (C=O) groups is 1. The summed E-state index contributed by atoms with van der Waals surface area (Å²) in [6.07, 6.45) is 1.73. The van der Waals surface area contributed by atoms with Gasteiger partial charge in [0.25, 0.3) is 5.91 Å². The molecular formula is C17H28Cl2N6O. The van der Waals surface area contributed by atoms with Crippen LogP contribution in [0.1, 0.15) is 16.1 Å². The van der Waals surface area contributed by atoms with Crippen LogP contribution in [-0.4, -0.2) is 85.1 Å². The Bertz CT molecular complexity index is 626. The van der Waals surface area contributed by atoms with E-state index >= 15 is 0 Å². The van der Waals surface area contributed by atoms with E-state index < -0.39 is 0 Å². The molecule has 146 valence electrons. The Kier molecular flexibility index (Phi) is 7.07. The summed E-state index contributed by atoms with van der Waals surface area (Å²) in [5, 5.41) is 3.41. The number of carbonyl (C=O) groups excluding carboxylic acids is 1. The van der Waals surface area contributed by atoms with Crippen molar-refractivity contribution < 1.29 is 4.79 Å². The number of piperazine rings is 1. The van der Waals surface area contributed by atoms with Gasteiger partial charge in [-0.2, -0.15) is 0 Å². The quantitative estimate of drug-likeness (QED) is 0.784. The van der Waals surface area contributed by atoms with Crippen LogP contribution in [0.15, 0.2) is 6.20 Å². The van der Waals surface area contributed by atoms with E-state index in [1.54, 1.807) is 6.20 Å². The highest BCUT2D eigenvalue weighted by Crippen LogP contribution is 2.27. The molecule has 0 saturated carbocycles. The van der Waals surface area contributed by atoms with Gasteiger partial charge in [-0.15, -0.1) is 24.8 Å². The third-order valence-corrected chi connectivity index (χ3v) is 5.66. The fourth-order valence-electron chi connectivity index (χ4n) is 4.02. The van der Waals surface area contributed by atoms with Crippen LogP contribution in [0, 0.1) is 18.8 Å². The number of anilines is 1. The molecule has 3 fully saturated rings. The minimum atomic E-state index is 0. The zero-order chi connectivity index (χ0) is 16.7. The van der Waals surface area contributed by atoms with E-state index in [0.717, 1.165) is 64.0 Å². The molecule has 3 aliphatic rings. The molecule has 9 heteroatoms. The van der Waals surface area contributed by atoms with E-state index in [1.807, 2.05) is 11.8 Å². The molecule has 0 spiro atoms. The van der Waals surface area contributed by atoms with Gasteiger partial charge >= 0.3 is 0 Å². The van der Waals surface area contributed by atoms with Gasteiger partial charge in [0, 0.05) is 58.6 Å². The summed E-state index contributed by atoms with van der Waals surface area (Å²) in [5.41, 5.74) is 1.44. The molecule has 2 atom stereocenters. The molecule has 0 aliphatic carbocycles. The Morgan fingerprint density at radius 1 is 1.12 bits per heavy atom. The third-order valence-electron chi connectivity index (χ3n) is 5.66. The second kappa shape index (κ2) is 8.69. The second-order valence-corrected chi connectivity index (χ2v) is 7.35. The van der Waals surface area contributed by atoms with Gasteiger partial charge in [0.2, 0.25) is 5.95 Å². The molecule has 4 heterocycles. The zero-order valence-electron chi connectivity index (χ0n) is 15.3. The zero-order valence-corrected chi connectivity index (χ0v) is 17.0. The minimum Gasteiger partial charge on any atom is -0.338 e. The number of amides is 1. The molecule has 1 amide bonds. The number of nitrogens with zero attached hydrogens (tertiary/aromatic N) is 5. The van der Waals surface area contributed by atoms with Crippen molar-refractivity contribution in [2.24, 2.45) is 11.8 Å². The number of rotatable bonds is 2. The highest BCUT2D eigenvalue weighted by atomic mass is 35.5.